The van der Waals surface area contributed by atoms with E-state index in [4.69, 9.17) is 9.84 Å². The predicted octanol–water partition coefficient (Wildman–Crippen LogP) is 4.88. The Morgan fingerprint density at radius 2 is 2.04 bits per heavy atom. The van der Waals surface area contributed by atoms with Gasteiger partial charge in [-0.15, -0.1) is 12.4 Å². The normalized spacial score (nSPS) is 16.1. The smallest absolute Gasteiger partial charge is 0.212 e. The van der Waals surface area contributed by atoms with Gasteiger partial charge in [0.15, 0.2) is 0 Å². The van der Waals surface area contributed by atoms with Crippen molar-refractivity contribution in [1.29, 1.82) is 0 Å². The lowest BCUT2D eigenvalue weighted by atomic mass is 9.85. The van der Waals surface area contributed by atoms with Gasteiger partial charge < -0.3 is 10.1 Å². The molecule has 0 saturated heterocycles. The lowest BCUT2D eigenvalue weighted by Gasteiger charge is -2.28. The quantitative estimate of drug-likeness (QED) is 0.742. The molecule has 1 aromatic carbocycles. The summed E-state index contributed by atoms with van der Waals surface area (Å²) in [6.07, 6.45) is 6.46. The monoisotopic (exact) mass is 381 g/mol. The van der Waals surface area contributed by atoms with Crippen LogP contribution in [0.5, 0.6) is 5.88 Å². The van der Waals surface area contributed by atoms with Crippen molar-refractivity contribution in [2.75, 3.05) is 7.05 Å². The maximum absolute atomic E-state index is 13.4. The highest BCUT2D eigenvalue weighted by Gasteiger charge is 2.24. The summed E-state index contributed by atoms with van der Waals surface area (Å²) in [4.78, 5) is 0. The molecule has 144 valence electrons. The molecule has 1 saturated carbocycles. The third-order valence-electron chi connectivity index (χ3n) is 5.10. The van der Waals surface area contributed by atoms with Crippen molar-refractivity contribution in [3.8, 4) is 5.88 Å². The van der Waals surface area contributed by atoms with Gasteiger partial charge in [-0.3, -0.25) is 0 Å². The van der Waals surface area contributed by atoms with Gasteiger partial charge in [-0.2, -0.15) is 5.10 Å². The topological polar surface area (TPSA) is 39.1 Å². The molecule has 6 heteroatoms. The van der Waals surface area contributed by atoms with Crippen molar-refractivity contribution in [1.82, 2.24) is 15.1 Å². The Balaban J connectivity index is 0.00000243. The maximum atomic E-state index is 13.4. The molecular weight excluding hydrogens is 353 g/mol. The van der Waals surface area contributed by atoms with Crippen molar-refractivity contribution in [3.05, 3.63) is 47.4 Å². The van der Waals surface area contributed by atoms with E-state index in [-0.39, 0.29) is 18.2 Å². The summed E-state index contributed by atoms with van der Waals surface area (Å²) in [7, 11) is 1.91. The summed E-state index contributed by atoms with van der Waals surface area (Å²) in [6.45, 7) is 3.29. The molecule has 1 fully saturated rings. The van der Waals surface area contributed by atoms with E-state index in [2.05, 4.69) is 12.2 Å². The number of aromatic nitrogens is 2. The number of ether oxygens (including phenoxy) is 1. The highest BCUT2D eigenvalue weighted by molar-refractivity contribution is 5.85. The van der Waals surface area contributed by atoms with Crippen LogP contribution in [0.2, 0.25) is 0 Å². The largest absolute Gasteiger partial charge is 0.473 e. The van der Waals surface area contributed by atoms with Crippen LogP contribution in [0.4, 0.5) is 4.39 Å². The molecule has 0 amide bonds. The van der Waals surface area contributed by atoms with Crippen LogP contribution in [0, 0.1) is 11.7 Å². The lowest BCUT2D eigenvalue weighted by molar-refractivity contribution is 0.209. The Morgan fingerprint density at radius 1 is 1.27 bits per heavy atom. The number of nitrogens with one attached hydrogen (secondary N) is 1. The van der Waals surface area contributed by atoms with Gasteiger partial charge in [0.05, 0.1) is 11.7 Å². The number of hydrogen-bond acceptors (Lipinski definition) is 3. The molecule has 1 aliphatic carbocycles. The molecule has 0 aliphatic heterocycles. The van der Waals surface area contributed by atoms with E-state index in [0.29, 0.717) is 25.1 Å². The third kappa shape index (κ3) is 5.21. The first kappa shape index (κ1) is 20.7. The highest BCUT2D eigenvalue weighted by Crippen LogP contribution is 2.34. The van der Waals surface area contributed by atoms with Crippen molar-refractivity contribution >= 4 is 12.4 Å². The van der Waals surface area contributed by atoms with Crippen LogP contribution in [0.25, 0.3) is 0 Å². The fourth-order valence-corrected chi connectivity index (χ4v) is 3.69. The van der Waals surface area contributed by atoms with E-state index in [0.717, 1.165) is 17.1 Å². The zero-order valence-electron chi connectivity index (χ0n) is 15.6. The molecule has 0 bridgehead atoms. The molecule has 0 radical (unpaired) electrons. The minimum atomic E-state index is -0.235. The molecule has 2 aromatic rings. The Hall–Kier alpha value is -1.59. The fraction of sp³-hybridized carbons (Fsp3) is 0.550. The van der Waals surface area contributed by atoms with E-state index in [1.165, 1.54) is 44.2 Å². The van der Waals surface area contributed by atoms with E-state index >= 15 is 0 Å². The highest BCUT2D eigenvalue weighted by atomic mass is 35.5. The molecular formula is C20H29ClFN3O. The molecule has 1 aromatic heterocycles. The molecule has 1 unspecified atom stereocenters. The maximum Gasteiger partial charge on any atom is 0.212 e. The molecule has 3 rings (SSSR count). The lowest BCUT2D eigenvalue weighted by Crippen LogP contribution is -2.21. The van der Waals surface area contributed by atoms with Gasteiger partial charge in [-0.1, -0.05) is 31.4 Å². The summed E-state index contributed by atoms with van der Waals surface area (Å²) in [5.74, 6) is 1.18. The van der Waals surface area contributed by atoms with Crippen LogP contribution in [0.3, 0.4) is 0 Å². The molecule has 26 heavy (non-hydrogen) atoms. The zero-order chi connectivity index (χ0) is 17.6. The van der Waals surface area contributed by atoms with Crippen LogP contribution in [0.1, 0.15) is 56.3 Å². The Bertz CT molecular complexity index is 685. The summed E-state index contributed by atoms with van der Waals surface area (Å²) < 4.78 is 21.4. The first-order valence-electron chi connectivity index (χ1n) is 9.27. The van der Waals surface area contributed by atoms with Gasteiger partial charge in [-0.25, -0.2) is 9.07 Å². The number of benzene rings is 1. The molecule has 4 nitrogen and oxygen atoms in total. The van der Waals surface area contributed by atoms with Gasteiger partial charge in [-0.05, 0) is 50.4 Å². The average molecular weight is 382 g/mol. The SMILES string of the molecule is CNCc1cc(OCc2cccc(F)c2)n(C(C)C2CCCCC2)n1.Cl. The second kappa shape index (κ2) is 9.93. The molecule has 1 N–H and O–H groups in total. The minimum Gasteiger partial charge on any atom is -0.473 e. The number of rotatable bonds is 7. The van der Waals surface area contributed by atoms with Gasteiger partial charge in [0.25, 0.3) is 0 Å². The van der Waals surface area contributed by atoms with Crippen LogP contribution in [-0.2, 0) is 13.2 Å². The van der Waals surface area contributed by atoms with Crippen LogP contribution in [-0.4, -0.2) is 16.8 Å². The Kier molecular flexibility index (Phi) is 7.91. The van der Waals surface area contributed by atoms with E-state index in [9.17, 15) is 4.39 Å². The summed E-state index contributed by atoms with van der Waals surface area (Å²) >= 11 is 0. The fourth-order valence-electron chi connectivity index (χ4n) is 3.69. The van der Waals surface area contributed by atoms with Crippen LogP contribution >= 0.6 is 12.4 Å². The molecule has 1 heterocycles. The van der Waals surface area contributed by atoms with Crippen molar-refractivity contribution < 1.29 is 9.13 Å². The first-order chi connectivity index (χ1) is 12.2. The van der Waals surface area contributed by atoms with Crippen LogP contribution < -0.4 is 10.1 Å². The molecule has 0 spiro atoms. The summed E-state index contributed by atoms with van der Waals surface area (Å²) in [5.41, 5.74) is 1.80. The number of hydrogen-bond donors (Lipinski definition) is 1. The van der Waals surface area contributed by atoms with Crippen molar-refractivity contribution in [3.63, 3.8) is 0 Å². The molecule has 1 aliphatic rings. The van der Waals surface area contributed by atoms with Gasteiger partial charge >= 0.3 is 0 Å². The third-order valence-corrected chi connectivity index (χ3v) is 5.10. The molecule has 1 atom stereocenters. The van der Waals surface area contributed by atoms with Gasteiger partial charge in [0.1, 0.15) is 12.4 Å². The van der Waals surface area contributed by atoms with Crippen molar-refractivity contribution in [2.24, 2.45) is 5.92 Å². The Morgan fingerprint density at radius 3 is 2.73 bits per heavy atom. The van der Waals surface area contributed by atoms with Gasteiger partial charge in [0.2, 0.25) is 5.88 Å². The van der Waals surface area contributed by atoms with Crippen LogP contribution in [0.15, 0.2) is 30.3 Å². The van der Waals surface area contributed by atoms with Gasteiger partial charge in [0, 0.05) is 12.6 Å². The average Bonchev–Trinajstić information content (AvgIpc) is 3.03. The standard InChI is InChI=1S/C20H28FN3O.ClH/c1-15(17-8-4-3-5-9-17)24-20(12-19(23-24)13-22-2)25-14-16-7-6-10-18(21)11-16;/h6-7,10-12,15,17,22H,3-5,8-9,13-14H2,1-2H3;1H. The van der Waals surface area contributed by atoms with Crippen molar-refractivity contribution in [2.45, 2.75) is 58.2 Å². The second-order valence-electron chi connectivity index (χ2n) is 7.01. The second-order valence-corrected chi connectivity index (χ2v) is 7.01. The predicted molar refractivity (Wildman–Crippen MR) is 104 cm³/mol. The van der Waals surface area contributed by atoms with E-state index in [1.54, 1.807) is 6.07 Å². The minimum absolute atomic E-state index is 0. The summed E-state index contributed by atoms with van der Waals surface area (Å²) in [5, 5.41) is 7.90. The van der Waals surface area contributed by atoms with E-state index in [1.807, 2.05) is 23.9 Å². The number of halogens is 2. The zero-order valence-corrected chi connectivity index (χ0v) is 16.4. The first-order valence-corrected chi connectivity index (χ1v) is 9.27. The van der Waals surface area contributed by atoms with E-state index < -0.39 is 0 Å². The summed E-state index contributed by atoms with van der Waals surface area (Å²) in [6, 6.07) is 8.86. The Labute approximate surface area is 161 Å². The number of nitrogens with zero attached hydrogens (tertiary/aromatic N) is 2.